The van der Waals surface area contributed by atoms with Crippen LogP contribution >= 0.6 is 11.6 Å². The summed E-state index contributed by atoms with van der Waals surface area (Å²) in [5.41, 5.74) is 2.18. The number of hydrogen-bond acceptors (Lipinski definition) is 2. The Hall–Kier alpha value is -0.540. The first-order chi connectivity index (χ1) is 8.09. The highest BCUT2D eigenvalue weighted by Gasteiger charge is 2.21. The Morgan fingerprint density at radius 3 is 2.71 bits per heavy atom. The molecule has 1 aliphatic carbocycles. The summed E-state index contributed by atoms with van der Waals surface area (Å²) in [7, 11) is 1.89. The van der Waals surface area contributed by atoms with Crippen molar-refractivity contribution in [3.63, 3.8) is 0 Å². The van der Waals surface area contributed by atoms with E-state index >= 15 is 0 Å². The molecule has 2 rings (SSSR count). The predicted octanol–water partition coefficient (Wildman–Crippen LogP) is 3.05. The zero-order chi connectivity index (χ0) is 12.4. The third-order valence-corrected chi connectivity index (χ3v) is 4.40. The lowest BCUT2D eigenvalue weighted by Gasteiger charge is -2.29. The second-order valence-corrected chi connectivity index (χ2v) is 5.59. The van der Waals surface area contributed by atoms with Crippen LogP contribution in [0.5, 0.6) is 0 Å². The fraction of sp³-hybridized carbons (Fsp3) is 0.769. The molecule has 17 heavy (non-hydrogen) atoms. The van der Waals surface area contributed by atoms with E-state index in [4.69, 9.17) is 11.6 Å². The largest absolute Gasteiger partial charge is 0.309 e. The summed E-state index contributed by atoms with van der Waals surface area (Å²) in [4.78, 5) is 0. The van der Waals surface area contributed by atoms with Crippen molar-refractivity contribution in [2.45, 2.75) is 52.1 Å². The molecule has 1 heterocycles. The van der Waals surface area contributed by atoms with Crippen LogP contribution in [0, 0.1) is 12.8 Å². The van der Waals surface area contributed by atoms with Gasteiger partial charge in [-0.15, -0.1) is 0 Å². The molecule has 1 fully saturated rings. The highest BCUT2D eigenvalue weighted by molar-refractivity contribution is 6.30. The van der Waals surface area contributed by atoms with E-state index in [1.165, 1.54) is 25.7 Å². The summed E-state index contributed by atoms with van der Waals surface area (Å²) in [6, 6.07) is 0.638. The minimum absolute atomic E-state index is 0.638. The maximum atomic E-state index is 6.23. The Kier molecular flexibility index (Phi) is 4.10. The molecule has 1 aromatic heterocycles. The molecule has 0 bridgehead atoms. The van der Waals surface area contributed by atoms with Crippen molar-refractivity contribution in [1.82, 2.24) is 15.1 Å². The van der Waals surface area contributed by atoms with E-state index in [1.54, 1.807) is 4.68 Å². The van der Waals surface area contributed by atoms with E-state index in [0.717, 1.165) is 28.9 Å². The predicted molar refractivity (Wildman–Crippen MR) is 71.2 cm³/mol. The molecule has 96 valence electrons. The van der Waals surface area contributed by atoms with Crippen LogP contribution in [0.1, 0.15) is 43.9 Å². The van der Waals surface area contributed by atoms with Gasteiger partial charge in [0.25, 0.3) is 0 Å². The smallest absolute Gasteiger partial charge is 0.131 e. The van der Waals surface area contributed by atoms with Crippen molar-refractivity contribution in [3.8, 4) is 0 Å². The van der Waals surface area contributed by atoms with E-state index in [9.17, 15) is 0 Å². The van der Waals surface area contributed by atoms with E-state index in [0.29, 0.717) is 6.04 Å². The number of nitrogens with zero attached hydrogens (tertiary/aromatic N) is 2. The lowest BCUT2D eigenvalue weighted by atomic mass is 9.86. The van der Waals surface area contributed by atoms with Gasteiger partial charge >= 0.3 is 0 Å². The number of halogens is 1. The van der Waals surface area contributed by atoms with E-state index in [2.05, 4.69) is 17.3 Å². The van der Waals surface area contributed by atoms with Gasteiger partial charge in [-0.2, -0.15) is 5.10 Å². The van der Waals surface area contributed by atoms with Gasteiger partial charge in [0.1, 0.15) is 5.15 Å². The SMILES string of the molecule is Cc1nn(C)c(Cl)c1CNC1CCCCC1C. The Labute approximate surface area is 109 Å². The Morgan fingerprint density at radius 1 is 1.41 bits per heavy atom. The Balaban J connectivity index is 1.97. The fourth-order valence-electron chi connectivity index (χ4n) is 2.73. The summed E-state index contributed by atoms with van der Waals surface area (Å²) in [6.07, 6.45) is 5.36. The third kappa shape index (κ3) is 2.83. The minimum Gasteiger partial charge on any atom is -0.309 e. The quantitative estimate of drug-likeness (QED) is 0.900. The van der Waals surface area contributed by atoms with Gasteiger partial charge < -0.3 is 5.32 Å². The van der Waals surface area contributed by atoms with E-state index < -0.39 is 0 Å². The zero-order valence-electron chi connectivity index (χ0n) is 11.0. The van der Waals surface area contributed by atoms with Crippen molar-refractivity contribution < 1.29 is 0 Å². The molecular weight excluding hydrogens is 234 g/mol. The maximum Gasteiger partial charge on any atom is 0.131 e. The lowest BCUT2D eigenvalue weighted by Crippen LogP contribution is -2.36. The topological polar surface area (TPSA) is 29.9 Å². The van der Waals surface area contributed by atoms with Gasteiger partial charge in [-0.1, -0.05) is 31.4 Å². The van der Waals surface area contributed by atoms with Crippen LogP contribution in [0.25, 0.3) is 0 Å². The van der Waals surface area contributed by atoms with Gasteiger partial charge in [0.15, 0.2) is 0 Å². The summed E-state index contributed by atoms with van der Waals surface area (Å²) >= 11 is 6.23. The Morgan fingerprint density at radius 2 is 2.12 bits per heavy atom. The average molecular weight is 256 g/mol. The molecule has 1 aromatic rings. The average Bonchev–Trinajstić information content (AvgIpc) is 2.53. The molecule has 1 saturated carbocycles. The molecule has 0 aliphatic heterocycles. The van der Waals surface area contributed by atoms with E-state index in [-0.39, 0.29) is 0 Å². The maximum absolute atomic E-state index is 6.23. The number of aromatic nitrogens is 2. The van der Waals surface area contributed by atoms with Gasteiger partial charge in [-0.25, -0.2) is 0 Å². The molecule has 3 nitrogen and oxygen atoms in total. The fourth-order valence-corrected chi connectivity index (χ4v) is 2.97. The van der Waals surface area contributed by atoms with Gasteiger partial charge in [0, 0.05) is 25.2 Å². The first kappa shape index (κ1) is 12.9. The minimum atomic E-state index is 0.638. The summed E-state index contributed by atoms with van der Waals surface area (Å²) in [5, 5.41) is 8.75. The second-order valence-electron chi connectivity index (χ2n) is 5.23. The van der Waals surface area contributed by atoms with Crippen LogP contribution in [0.4, 0.5) is 0 Å². The van der Waals surface area contributed by atoms with Crippen LogP contribution in [0.15, 0.2) is 0 Å². The standard InChI is InChI=1S/C13H22ClN3/c1-9-6-4-5-7-12(9)15-8-11-10(2)16-17(3)13(11)14/h9,12,15H,4-8H2,1-3H3. The highest BCUT2D eigenvalue weighted by atomic mass is 35.5. The van der Waals surface area contributed by atoms with Gasteiger partial charge in [0.05, 0.1) is 5.69 Å². The van der Waals surface area contributed by atoms with Crippen LogP contribution in [0.2, 0.25) is 5.15 Å². The first-order valence-electron chi connectivity index (χ1n) is 6.51. The molecule has 0 radical (unpaired) electrons. The summed E-state index contributed by atoms with van der Waals surface area (Å²) in [6.45, 7) is 5.20. The monoisotopic (exact) mass is 255 g/mol. The van der Waals surface area contributed by atoms with Crippen molar-refractivity contribution in [1.29, 1.82) is 0 Å². The highest BCUT2D eigenvalue weighted by Crippen LogP contribution is 2.25. The molecule has 2 atom stereocenters. The van der Waals surface area contributed by atoms with E-state index in [1.807, 2.05) is 14.0 Å². The van der Waals surface area contributed by atoms with Crippen molar-refractivity contribution in [2.75, 3.05) is 0 Å². The number of hydrogen-bond donors (Lipinski definition) is 1. The van der Waals surface area contributed by atoms with Crippen LogP contribution in [0.3, 0.4) is 0 Å². The normalized spacial score (nSPS) is 25.2. The summed E-state index contributed by atoms with van der Waals surface area (Å²) in [5.74, 6) is 0.777. The van der Waals surface area contributed by atoms with Gasteiger partial charge in [0.2, 0.25) is 0 Å². The van der Waals surface area contributed by atoms with Crippen LogP contribution in [-0.4, -0.2) is 15.8 Å². The molecule has 0 aromatic carbocycles. The molecule has 2 unspecified atom stereocenters. The second kappa shape index (κ2) is 5.40. The molecule has 0 amide bonds. The van der Waals surface area contributed by atoms with Gasteiger partial charge in [-0.3, -0.25) is 4.68 Å². The van der Waals surface area contributed by atoms with Gasteiger partial charge in [-0.05, 0) is 25.7 Å². The zero-order valence-corrected chi connectivity index (χ0v) is 11.7. The first-order valence-corrected chi connectivity index (χ1v) is 6.88. The van der Waals surface area contributed by atoms with Crippen molar-refractivity contribution in [2.24, 2.45) is 13.0 Å². The lowest BCUT2D eigenvalue weighted by molar-refractivity contribution is 0.279. The Bertz CT molecular complexity index is 386. The molecule has 0 saturated heterocycles. The number of rotatable bonds is 3. The van der Waals surface area contributed by atoms with Crippen molar-refractivity contribution >= 4 is 11.6 Å². The van der Waals surface area contributed by atoms with Crippen LogP contribution in [-0.2, 0) is 13.6 Å². The number of nitrogens with one attached hydrogen (secondary N) is 1. The molecule has 0 spiro atoms. The van der Waals surface area contributed by atoms with Crippen LogP contribution < -0.4 is 5.32 Å². The molecular formula is C13H22ClN3. The molecule has 1 aliphatic rings. The third-order valence-electron chi connectivity index (χ3n) is 3.92. The van der Waals surface area contributed by atoms with Crippen molar-refractivity contribution in [3.05, 3.63) is 16.4 Å². The summed E-state index contributed by atoms with van der Waals surface area (Å²) < 4.78 is 1.75. The molecule has 4 heteroatoms. The number of aryl methyl sites for hydroxylation is 2. The molecule has 1 N–H and O–H groups in total.